The predicted molar refractivity (Wildman–Crippen MR) is 52.0 cm³/mol. The number of rotatable bonds is 1. The van der Waals surface area contributed by atoms with E-state index in [-0.39, 0.29) is 0 Å². The van der Waals surface area contributed by atoms with E-state index < -0.39 is 0 Å². The summed E-state index contributed by atoms with van der Waals surface area (Å²) in [5.74, 6) is 1.30. The summed E-state index contributed by atoms with van der Waals surface area (Å²) in [4.78, 5) is 2.46. The van der Waals surface area contributed by atoms with Crippen LogP contribution in [0.15, 0.2) is 24.3 Å². The van der Waals surface area contributed by atoms with Crippen molar-refractivity contribution >= 4 is 5.69 Å². The topological polar surface area (TPSA) is 23.5 Å². The van der Waals surface area contributed by atoms with E-state index >= 15 is 0 Å². The molecule has 1 saturated carbocycles. The molecule has 0 radical (unpaired) electrons. The van der Waals surface area contributed by atoms with Crippen LogP contribution in [0, 0.1) is 5.92 Å². The summed E-state index contributed by atoms with van der Waals surface area (Å²) in [5.41, 5.74) is 1.27. The van der Waals surface area contributed by atoms with Crippen LogP contribution in [0.25, 0.3) is 0 Å². The molecule has 4 rings (SSSR count). The quantitative estimate of drug-likeness (QED) is 0.705. The Morgan fingerprint density at radius 1 is 1.15 bits per heavy atom. The van der Waals surface area contributed by atoms with Crippen LogP contribution in [0.1, 0.15) is 12.8 Å². The number of fused-ring (bicyclic) bond motifs is 1. The van der Waals surface area contributed by atoms with Gasteiger partial charge in [-0.25, -0.2) is 0 Å². The number of hydrogen-bond acceptors (Lipinski definition) is 2. The van der Waals surface area contributed by atoms with Gasteiger partial charge in [0.15, 0.2) is 0 Å². The fraction of sp³-hybridized carbons (Fsp3) is 0.455. The Hall–Kier alpha value is -1.18. The minimum absolute atomic E-state index is 0.357. The summed E-state index contributed by atoms with van der Waals surface area (Å²) < 4.78 is 0. The van der Waals surface area contributed by atoms with Crippen molar-refractivity contribution in [1.82, 2.24) is 0 Å². The summed E-state index contributed by atoms with van der Waals surface area (Å²) in [6.07, 6.45) is 2.75. The molecular formula is C11H13NO. The highest BCUT2D eigenvalue weighted by atomic mass is 16.3. The highest BCUT2D eigenvalue weighted by Crippen LogP contribution is 2.43. The number of aromatic hydroxyl groups is 1. The molecule has 13 heavy (non-hydrogen) atoms. The molecule has 1 N–H and O–H groups in total. The van der Waals surface area contributed by atoms with Crippen molar-refractivity contribution in [2.45, 2.75) is 18.9 Å². The molecule has 0 atom stereocenters. The molecular weight excluding hydrogens is 162 g/mol. The van der Waals surface area contributed by atoms with E-state index in [2.05, 4.69) is 4.90 Å². The van der Waals surface area contributed by atoms with Gasteiger partial charge in [0.25, 0.3) is 0 Å². The monoisotopic (exact) mass is 175 g/mol. The minimum atomic E-state index is 0.357. The van der Waals surface area contributed by atoms with Crippen LogP contribution in [-0.4, -0.2) is 17.7 Å². The first-order chi connectivity index (χ1) is 6.33. The van der Waals surface area contributed by atoms with Gasteiger partial charge in [0.2, 0.25) is 0 Å². The molecule has 0 amide bonds. The van der Waals surface area contributed by atoms with Crippen molar-refractivity contribution in [2.24, 2.45) is 5.92 Å². The van der Waals surface area contributed by atoms with E-state index in [4.69, 9.17) is 5.11 Å². The molecule has 0 spiro atoms. The first-order valence-electron chi connectivity index (χ1n) is 4.88. The molecule has 2 heteroatoms. The highest BCUT2D eigenvalue weighted by Gasteiger charge is 2.42. The summed E-state index contributed by atoms with van der Waals surface area (Å²) >= 11 is 0. The van der Waals surface area contributed by atoms with E-state index in [9.17, 15) is 0 Å². The molecule has 2 nitrogen and oxygen atoms in total. The van der Waals surface area contributed by atoms with Crippen molar-refractivity contribution in [1.29, 1.82) is 0 Å². The summed E-state index contributed by atoms with van der Waals surface area (Å²) in [5, 5.41) is 9.16. The minimum Gasteiger partial charge on any atom is -0.508 e. The Labute approximate surface area is 77.8 Å². The van der Waals surface area contributed by atoms with Gasteiger partial charge in [0.1, 0.15) is 5.75 Å². The molecule has 68 valence electrons. The third-order valence-corrected chi connectivity index (χ3v) is 3.29. The molecule has 1 aliphatic carbocycles. The number of anilines is 1. The van der Waals surface area contributed by atoms with Crippen LogP contribution in [0.2, 0.25) is 0 Å². The second kappa shape index (κ2) is 2.41. The molecule has 2 saturated heterocycles. The fourth-order valence-electron chi connectivity index (χ4n) is 2.49. The van der Waals surface area contributed by atoms with Crippen molar-refractivity contribution in [3.05, 3.63) is 24.3 Å². The number of phenols is 1. The summed E-state index contributed by atoms with van der Waals surface area (Å²) in [6.45, 7) is 1.22. The maximum absolute atomic E-state index is 9.16. The normalized spacial score (nSPS) is 30.3. The maximum Gasteiger partial charge on any atom is 0.115 e. The van der Waals surface area contributed by atoms with Crippen molar-refractivity contribution in [3.8, 4) is 5.75 Å². The molecule has 3 fully saturated rings. The summed E-state index contributed by atoms with van der Waals surface area (Å²) in [6, 6.07) is 8.34. The van der Waals surface area contributed by atoms with Crippen molar-refractivity contribution in [3.63, 3.8) is 0 Å². The van der Waals surface area contributed by atoms with Crippen molar-refractivity contribution < 1.29 is 5.11 Å². The Morgan fingerprint density at radius 3 is 2.38 bits per heavy atom. The lowest BCUT2D eigenvalue weighted by Gasteiger charge is -2.27. The number of phenolic OH excluding ortho intramolecular Hbond substituents is 1. The number of hydrogen-bond donors (Lipinski definition) is 1. The lowest BCUT2D eigenvalue weighted by molar-refractivity contribution is 0.381. The molecule has 3 aliphatic rings. The van der Waals surface area contributed by atoms with Gasteiger partial charge in [-0.3, -0.25) is 0 Å². The average Bonchev–Trinajstić information content (AvgIpc) is 2.62. The van der Waals surface area contributed by atoms with E-state index in [1.54, 1.807) is 12.1 Å². The zero-order chi connectivity index (χ0) is 8.84. The molecule has 2 bridgehead atoms. The van der Waals surface area contributed by atoms with Crippen LogP contribution in [0.4, 0.5) is 5.69 Å². The lowest BCUT2D eigenvalue weighted by atomic mass is 9.86. The zero-order valence-electron chi connectivity index (χ0n) is 7.48. The van der Waals surface area contributed by atoms with Gasteiger partial charge < -0.3 is 10.0 Å². The molecule has 0 aromatic heterocycles. The van der Waals surface area contributed by atoms with Gasteiger partial charge in [-0.2, -0.15) is 0 Å². The van der Waals surface area contributed by atoms with Gasteiger partial charge in [-0.05, 0) is 43.0 Å². The van der Waals surface area contributed by atoms with Gasteiger partial charge in [0, 0.05) is 18.3 Å². The summed E-state index contributed by atoms with van der Waals surface area (Å²) in [7, 11) is 0. The molecule has 0 unspecified atom stereocenters. The van der Waals surface area contributed by atoms with Gasteiger partial charge in [-0.1, -0.05) is 0 Å². The number of benzene rings is 1. The smallest absolute Gasteiger partial charge is 0.115 e. The van der Waals surface area contributed by atoms with Gasteiger partial charge >= 0.3 is 0 Å². The predicted octanol–water partition coefficient (Wildman–Crippen LogP) is 1.99. The third-order valence-electron chi connectivity index (χ3n) is 3.29. The van der Waals surface area contributed by atoms with E-state index in [0.29, 0.717) is 5.75 Å². The Balaban J connectivity index is 1.88. The maximum atomic E-state index is 9.16. The number of nitrogens with zero attached hydrogens (tertiary/aromatic N) is 1. The lowest BCUT2D eigenvalue weighted by Crippen LogP contribution is -2.28. The zero-order valence-corrected chi connectivity index (χ0v) is 7.48. The van der Waals surface area contributed by atoms with Crippen LogP contribution in [0.3, 0.4) is 0 Å². The SMILES string of the molecule is Oc1ccc(N2CC3CC2C3)cc1. The molecule has 2 aliphatic heterocycles. The fourth-order valence-corrected chi connectivity index (χ4v) is 2.49. The first-order valence-corrected chi connectivity index (χ1v) is 4.88. The average molecular weight is 175 g/mol. The van der Waals surface area contributed by atoms with E-state index in [1.165, 1.54) is 25.1 Å². The van der Waals surface area contributed by atoms with Crippen LogP contribution in [0.5, 0.6) is 5.75 Å². The second-order valence-corrected chi connectivity index (χ2v) is 4.16. The molecule has 2 heterocycles. The van der Waals surface area contributed by atoms with Crippen molar-refractivity contribution in [2.75, 3.05) is 11.4 Å². The largest absolute Gasteiger partial charge is 0.508 e. The highest BCUT2D eigenvalue weighted by molar-refractivity contribution is 5.52. The van der Waals surface area contributed by atoms with Crippen LogP contribution in [-0.2, 0) is 0 Å². The van der Waals surface area contributed by atoms with E-state index in [1.807, 2.05) is 12.1 Å². The van der Waals surface area contributed by atoms with Gasteiger partial charge in [-0.15, -0.1) is 0 Å². The van der Waals surface area contributed by atoms with E-state index in [0.717, 1.165) is 12.0 Å². The standard InChI is InChI=1S/C11H13NO/c13-11-3-1-9(2-4-11)12-7-8-5-10(12)6-8/h1-4,8,10,13H,5-7H2. The molecule has 1 aromatic carbocycles. The Morgan fingerprint density at radius 2 is 1.85 bits per heavy atom. The third kappa shape index (κ3) is 1.01. The second-order valence-electron chi connectivity index (χ2n) is 4.16. The van der Waals surface area contributed by atoms with Crippen LogP contribution < -0.4 is 4.90 Å². The van der Waals surface area contributed by atoms with Crippen LogP contribution >= 0.6 is 0 Å². The first kappa shape index (κ1) is 7.25. The molecule has 1 aromatic rings. The Kier molecular flexibility index (Phi) is 1.34. The Bertz CT molecular complexity index is 313. The van der Waals surface area contributed by atoms with Gasteiger partial charge in [0.05, 0.1) is 0 Å².